The summed E-state index contributed by atoms with van der Waals surface area (Å²) in [6, 6.07) is 5.32. The van der Waals surface area contributed by atoms with Crippen LogP contribution in [-0.2, 0) is 6.18 Å². The van der Waals surface area contributed by atoms with Gasteiger partial charge in [0.15, 0.2) is 0 Å². The molecule has 128 valence electrons. The molecule has 4 heterocycles. The summed E-state index contributed by atoms with van der Waals surface area (Å²) in [7, 11) is 0. The molecule has 0 radical (unpaired) electrons. The van der Waals surface area contributed by atoms with Crippen LogP contribution in [0, 0.1) is 5.92 Å². The van der Waals surface area contributed by atoms with Gasteiger partial charge in [-0.05, 0) is 61.5 Å². The molecule has 2 bridgehead atoms. The second-order valence-corrected chi connectivity index (χ2v) is 7.66. The second kappa shape index (κ2) is 5.74. The van der Waals surface area contributed by atoms with Crippen LogP contribution in [0.1, 0.15) is 28.1 Å². The van der Waals surface area contributed by atoms with Gasteiger partial charge in [0.2, 0.25) is 0 Å². The zero-order valence-corrected chi connectivity index (χ0v) is 13.7. The lowest BCUT2D eigenvalue weighted by Gasteiger charge is -2.44. The molecular weight excluding hydrogens is 337 g/mol. The molecule has 0 spiro atoms. The van der Waals surface area contributed by atoms with Gasteiger partial charge in [-0.3, -0.25) is 4.79 Å². The highest BCUT2D eigenvalue weighted by atomic mass is 32.1. The van der Waals surface area contributed by atoms with Crippen LogP contribution in [0.3, 0.4) is 0 Å². The fourth-order valence-electron chi connectivity index (χ4n) is 3.70. The van der Waals surface area contributed by atoms with Crippen molar-refractivity contribution in [1.29, 1.82) is 0 Å². The zero-order chi connectivity index (χ0) is 16.9. The zero-order valence-electron chi connectivity index (χ0n) is 12.9. The molecule has 1 atom stereocenters. The van der Waals surface area contributed by atoms with Gasteiger partial charge in [-0.15, -0.1) is 11.3 Å². The van der Waals surface area contributed by atoms with Gasteiger partial charge in [-0.1, -0.05) is 0 Å². The van der Waals surface area contributed by atoms with Gasteiger partial charge < -0.3 is 10.2 Å². The molecule has 0 aliphatic carbocycles. The van der Waals surface area contributed by atoms with E-state index in [-0.39, 0.29) is 11.9 Å². The largest absolute Gasteiger partial charge is 0.416 e. The minimum atomic E-state index is -4.37. The van der Waals surface area contributed by atoms with Gasteiger partial charge in [-0.2, -0.15) is 13.2 Å². The maximum atomic E-state index is 12.8. The van der Waals surface area contributed by atoms with Crippen molar-refractivity contribution in [2.75, 3.05) is 19.6 Å². The van der Waals surface area contributed by atoms with E-state index in [1.807, 2.05) is 0 Å². The standard InChI is InChI=1S/C17H17F3N2OS/c18-17(19,20)12-1-2-14-11(7-12)8-15(24-14)16(23)21-13-9-22-5-3-10(13)4-6-22/h1-2,7-8,10,13H,3-6,9H2,(H,21,23)/t13-/m0/s1. The van der Waals surface area contributed by atoms with Gasteiger partial charge in [0.1, 0.15) is 0 Å². The van der Waals surface area contributed by atoms with Crippen LogP contribution in [0.25, 0.3) is 10.1 Å². The van der Waals surface area contributed by atoms with Crippen molar-refractivity contribution < 1.29 is 18.0 Å². The molecule has 2 aromatic rings. The third kappa shape index (κ3) is 2.91. The first-order chi connectivity index (χ1) is 11.4. The molecule has 3 fully saturated rings. The predicted octanol–water partition coefficient (Wildman–Crippen LogP) is 3.74. The summed E-state index contributed by atoms with van der Waals surface area (Å²) in [5, 5.41) is 3.55. The first kappa shape index (κ1) is 15.9. The van der Waals surface area contributed by atoms with Crippen LogP contribution in [0.15, 0.2) is 24.3 Å². The van der Waals surface area contributed by atoms with E-state index < -0.39 is 11.7 Å². The summed E-state index contributed by atoms with van der Waals surface area (Å²) in [5.41, 5.74) is -0.683. The van der Waals surface area contributed by atoms with Crippen LogP contribution in [0.2, 0.25) is 0 Å². The van der Waals surface area contributed by atoms with E-state index in [4.69, 9.17) is 0 Å². The van der Waals surface area contributed by atoms with E-state index in [2.05, 4.69) is 10.2 Å². The number of nitrogens with zero attached hydrogens (tertiary/aromatic N) is 1. The third-order valence-corrected chi connectivity index (χ3v) is 6.15. The number of alkyl halides is 3. The highest BCUT2D eigenvalue weighted by Crippen LogP contribution is 2.34. The summed E-state index contributed by atoms with van der Waals surface area (Å²) in [6.45, 7) is 3.07. The van der Waals surface area contributed by atoms with Gasteiger partial charge >= 0.3 is 6.18 Å². The normalized spacial score (nSPS) is 26.7. The number of amides is 1. The molecule has 3 aliphatic rings. The first-order valence-corrected chi connectivity index (χ1v) is 8.86. The number of piperidine rings is 3. The Morgan fingerprint density at radius 3 is 2.58 bits per heavy atom. The fraction of sp³-hybridized carbons (Fsp3) is 0.471. The van der Waals surface area contributed by atoms with Crippen LogP contribution in [0.5, 0.6) is 0 Å². The highest BCUT2D eigenvalue weighted by Gasteiger charge is 2.35. The summed E-state index contributed by atoms with van der Waals surface area (Å²) in [4.78, 5) is 15.3. The Bertz CT molecular complexity index is 778. The SMILES string of the molecule is O=C(N[C@H]1CN2CCC1CC2)c1cc2cc(C(F)(F)F)ccc2s1. The molecule has 3 nitrogen and oxygen atoms in total. The monoisotopic (exact) mass is 354 g/mol. The van der Waals surface area contributed by atoms with Crippen molar-refractivity contribution in [2.24, 2.45) is 5.92 Å². The third-order valence-electron chi connectivity index (χ3n) is 5.04. The highest BCUT2D eigenvalue weighted by molar-refractivity contribution is 7.20. The van der Waals surface area contributed by atoms with Crippen molar-refractivity contribution in [1.82, 2.24) is 10.2 Å². The smallest absolute Gasteiger partial charge is 0.347 e. The topological polar surface area (TPSA) is 32.3 Å². The Hall–Kier alpha value is -1.60. The lowest BCUT2D eigenvalue weighted by atomic mass is 9.84. The molecule has 3 saturated heterocycles. The Morgan fingerprint density at radius 1 is 1.21 bits per heavy atom. The first-order valence-electron chi connectivity index (χ1n) is 8.04. The van der Waals surface area contributed by atoms with E-state index in [1.54, 1.807) is 6.07 Å². The predicted molar refractivity (Wildman–Crippen MR) is 87.2 cm³/mol. The van der Waals surface area contributed by atoms with E-state index in [1.165, 1.54) is 17.4 Å². The van der Waals surface area contributed by atoms with Crippen LogP contribution >= 0.6 is 11.3 Å². The molecule has 7 heteroatoms. The molecule has 5 rings (SSSR count). The molecule has 1 amide bonds. The Labute approximate surface area is 141 Å². The number of carbonyl (C=O) groups excluding carboxylic acids is 1. The minimum Gasteiger partial charge on any atom is -0.347 e. The van der Waals surface area contributed by atoms with Crippen molar-refractivity contribution in [3.63, 3.8) is 0 Å². The Kier molecular flexibility index (Phi) is 3.80. The number of rotatable bonds is 2. The van der Waals surface area contributed by atoms with Crippen molar-refractivity contribution in [3.8, 4) is 0 Å². The van der Waals surface area contributed by atoms with Crippen molar-refractivity contribution in [3.05, 3.63) is 34.7 Å². The number of fused-ring (bicyclic) bond motifs is 4. The lowest BCUT2D eigenvalue weighted by molar-refractivity contribution is -0.137. The van der Waals surface area contributed by atoms with Gasteiger partial charge in [-0.25, -0.2) is 0 Å². The number of carbonyl (C=O) groups is 1. The number of thiophene rings is 1. The van der Waals surface area contributed by atoms with E-state index in [9.17, 15) is 18.0 Å². The lowest BCUT2D eigenvalue weighted by Crippen LogP contribution is -2.57. The maximum absolute atomic E-state index is 12.8. The van der Waals surface area contributed by atoms with Gasteiger partial charge in [0.05, 0.1) is 10.4 Å². The number of benzene rings is 1. The molecule has 0 unspecified atom stereocenters. The summed E-state index contributed by atoms with van der Waals surface area (Å²) >= 11 is 1.24. The number of hydrogen-bond donors (Lipinski definition) is 1. The molecular formula is C17H17F3N2OS. The number of nitrogens with one attached hydrogen (secondary N) is 1. The van der Waals surface area contributed by atoms with Gasteiger partial charge in [0, 0.05) is 17.3 Å². The average Bonchev–Trinajstić information content (AvgIpc) is 2.98. The minimum absolute atomic E-state index is 0.149. The molecule has 1 N–H and O–H groups in total. The molecule has 0 saturated carbocycles. The van der Waals surface area contributed by atoms with Crippen LogP contribution in [0.4, 0.5) is 13.2 Å². The van der Waals surface area contributed by atoms with Crippen molar-refractivity contribution in [2.45, 2.75) is 25.1 Å². The van der Waals surface area contributed by atoms with Crippen LogP contribution < -0.4 is 5.32 Å². The Morgan fingerprint density at radius 2 is 1.96 bits per heavy atom. The van der Waals surface area contributed by atoms with Gasteiger partial charge in [0.25, 0.3) is 5.91 Å². The second-order valence-electron chi connectivity index (χ2n) is 6.58. The number of halogens is 3. The maximum Gasteiger partial charge on any atom is 0.416 e. The molecule has 1 aromatic heterocycles. The average molecular weight is 354 g/mol. The quantitative estimate of drug-likeness (QED) is 0.891. The molecule has 1 aromatic carbocycles. The van der Waals surface area contributed by atoms with E-state index in [0.717, 1.165) is 44.6 Å². The molecule has 3 aliphatic heterocycles. The summed E-state index contributed by atoms with van der Waals surface area (Å²) in [6.07, 6.45) is -2.16. The fourth-order valence-corrected chi connectivity index (χ4v) is 4.65. The Balaban J connectivity index is 1.54. The number of hydrogen-bond acceptors (Lipinski definition) is 3. The summed E-state index contributed by atoms with van der Waals surface area (Å²) in [5.74, 6) is 0.341. The molecule has 24 heavy (non-hydrogen) atoms. The van der Waals surface area contributed by atoms with E-state index >= 15 is 0 Å². The van der Waals surface area contributed by atoms with E-state index in [0.29, 0.717) is 20.9 Å². The van der Waals surface area contributed by atoms with Crippen molar-refractivity contribution >= 4 is 27.3 Å². The summed E-state index contributed by atoms with van der Waals surface area (Å²) < 4.78 is 39.1. The van der Waals surface area contributed by atoms with Crippen LogP contribution in [-0.4, -0.2) is 36.5 Å².